The van der Waals surface area contributed by atoms with Gasteiger partial charge in [0.05, 0.1) is 16.6 Å². The van der Waals surface area contributed by atoms with Crippen molar-refractivity contribution in [1.82, 2.24) is 9.13 Å². The zero-order valence-corrected chi connectivity index (χ0v) is 31.4. The third kappa shape index (κ3) is 4.51. The lowest BCUT2D eigenvalue weighted by molar-refractivity contribution is 0.663. The molecule has 0 bridgehead atoms. The first kappa shape index (κ1) is 31.6. The van der Waals surface area contributed by atoms with E-state index in [9.17, 15) is 0 Å². The van der Waals surface area contributed by atoms with Gasteiger partial charge in [-0.2, -0.15) is 0 Å². The number of allylic oxidation sites excluding steroid dienone is 1. The molecule has 0 fully saturated rings. The summed E-state index contributed by atoms with van der Waals surface area (Å²) in [6, 6.07) is 61.2. The van der Waals surface area contributed by atoms with E-state index in [2.05, 4.69) is 179 Å². The Bertz CT molecular complexity index is 3630. The van der Waals surface area contributed by atoms with Crippen molar-refractivity contribution < 1.29 is 8.83 Å². The summed E-state index contributed by atoms with van der Waals surface area (Å²) >= 11 is 0. The molecule has 4 heterocycles. The van der Waals surface area contributed by atoms with Crippen LogP contribution in [0.3, 0.4) is 0 Å². The van der Waals surface area contributed by atoms with Crippen molar-refractivity contribution in [3.8, 4) is 33.6 Å². The van der Waals surface area contributed by atoms with Gasteiger partial charge in [-0.25, -0.2) is 0 Å². The van der Waals surface area contributed by atoms with Gasteiger partial charge >= 0.3 is 0 Å². The number of para-hydroxylation sites is 3. The molecule has 0 saturated heterocycles. The molecule has 0 unspecified atom stereocenters. The van der Waals surface area contributed by atoms with E-state index in [1.807, 2.05) is 12.1 Å². The Morgan fingerprint density at radius 2 is 0.914 bits per heavy atom. The van der Waals surface area contributed by atoms with Gasteiger partial charge in [0.2, 0.25) is 0 Å². The van der Waals surface area contributed by atoms with Crippen molar-refractivity contribution in [3.63, 3.8) is 0 Å². The number of nitrogens with zero attached hydrogens (tertiary/aromatic N) is 2. The molecule has 4 heteroatoms. The minimum absolute atomic E-state index is 0.857. The normalized spacial score (nSPS) is 13.0. The Kier molecular flexibility index (Phi) is 6.53. The van der Waals surface area contributed by atoms with Gasteiger partial charge in [0.15, 0.2) is 0 Å². The molecule has 4 nitrogen and oxygen atoms in total. The molecule has 0 N–H and O–H groups in total. The van der Waals surface area contributed by atoms with Crippen molar-refractivity contribution in [2.75, 3.05) is 0 Å². The standard InChI is InChI=1S/C54H34N2O2/c1-2-12-37(13-3-1)55-47-20-9-6-17-41(47)42-30-34(21-24-48(42)55)36-23-26-50-44(32-36)54-52(58-50)28-27-51-53(54)43-31-35(22-25-49(43)57-51)33-11-10-14-38(29-33)56-45-18-7-4-15-39(45)40-16-5-8-19-46(40)56/h1-5,7-16,18-32H,6,17H2. The molecule has 0 atom stereocenters. The van der Waals surface area contributed by atoms with Crippen LogP contribution >= 0.6 is 0 Å². The van der Waals surface area contributed by atoms with Gasteiger partial charge in [-0.1, -0.05) is 91.0 Å². The largest absolute Gasteiger partial charge is 0.456 e. The monoisotopic (exact) mass is 742 g/mol. The molecule has 0 aliphatic heterocycles. The SMILES string of the molecule is C1=Cc2c(c3cc(-c4ccc5oc6ccc7oc8ccc(-c9cccc(-n%10c%11ccccc%11c%11ccccc%11%10)c9)cc8c7c6c5c4)ccc3n2-c2ccccc2)CC1. The Hall–Kier alpha value is -7.56. The first-order valence-corrected chi connectivity index (χ1v) is 20.1. The minimum Gasteiger partial charge on any atom is -0.456 e. The second-order valence-electron chi connectivity index (χ2n) is 15.6. The van der Waals surface area contributed by atoms with Crippen LogP contribution in [0.5, 0.6) is 0 Å². The third-order valence-corrected chi connectivity index (χ3v) is 12.4. The number of rotatable bonds is 4. The third-order valence-electron chi connectivity index (χ3n) is 12.4. The van der Waals surface area contributed by atoms with E-state index in [1.165, 1.54) is 55.2 Å². The predicted octanol–water partition coefficient (Wildman–Crippen LogP) is 14.8. The molecular weight excluding hydrogens is 709 g/mol. The van der Waals surface area contributed by atoms with E-state index in [1.54, 1.807) is 0 Å². The fourth-order valence-electron chi connectivity index (χ4n) is 9.79. The lowest BCUT2D eigenvalue weighted by Crippen LogP contribution is -1.99. The molecule has 12 aromatic rings. The zero-order valence-electron chi connectivity index (χ0n) is 31.4. The smallest absolute Gasteiger partial charge is 0.136 e. The van der Waals surface area contributed by atoms with E-state index in [4.69, 9.17) is 8.83 Å². The lowest BCUT2D eigenvalue weighted by atomic mass is 9.96. The maximum absolute atomic E-state index is 6.55. The van der Waals surface area contributed by atoms with Crippen molar-refractivity contribution >= 4 is 82.7 Å². The van der Waals surface area contributed by atoms with Crippen LogP contribution in [0.2, 0.25) is 0 Å². The van der Waals surface area contributed by atoms with Gasteiger partial charge < -0.3 is 18.0 Å². The predicted molar refractivity (Wildman–Crippen MR) is 240 cm³/mol. The molecule has 272 valence electrons. The Labute approximate surface area is 333 Å². The number of fused-ring (bicyclic) bond motifs is 13. The van der Waals surface area contributed by atoms with Crippen LogP contribution in [0, 0.1) is 0 Å². The van der Waals surface area contributed by atoms with Gasteiger partial charge in [-0.3, -0.25) is 0 Å². The zero-order chi connectivity index (χ0) is 37.9. The number of aryl methyl sites for hydroxylation is 1. The average Bonchev–Trinajstić information content (AvgIpc) is 4.03. The molecular formula is C54H34N2O2. The van der Waals surface area contributed by atoms with E-state index >= 15 is 0 Å². The lowest BCUT2D eigenvalue weighted by Gasteiger charge is -2.11. The summed E-state index contributed by atoms with van der Waals surface area (Å²) in [5, 5.41) is 8.17. The molecule has 58 heavy (non-hydrogen) atoms. The maximum Gasteiger partial charge on any atom is 0.136 e. The van der Waals surface area contributed by atoms with Crippen LogP contribution in [0.25, 0.3) is 116 Å². The molecule has 8 aromatic carbocycles. The molecule has 1 aliphatic rings. The first-order valence-electron chi connectivity index (χ1n) is 20.1. The summed E-state index contributed by atoms with van der Waals surface area (Å²) in [4.78, 5) is 0. The average molecular weight is 743 g/mol. The molecule has 0 spiro atoms. The highest BCUT2D eigenvalue weighted by atomic mass is 16.3. The molecule has 0 saturated carbocycles. The first-order chi connectivity index (χ1) is 28.7. The number of hydrogen-bond donors (Lipinski definition) is 0. The number of benzene rings is 8. The van der Waals surface area contributed by atoms with Gasteiger partial charge in [0, 0.05) is 54.8 Å². The van der Waals surface area contributed by atoms with Crippen molar-refractivity contribution in [2.24, 2.45) is 0 Å². The summed E-state index contributed by atoms with van der Waals surface area (Å²) in [5.74, 6) is 0. The Balaban J connectivity index is 0.967. The highest BCUT2D eigenvalue weighted by Crippen LogP contribution is 2.43. The molecule has 1 aliphatic carbocycles. The van der Waals surface area contributed by atoms with Crippen LogP contribution in [0.4, 0.5) is 0 Å². The summed E-state index contributed by atoms with van der Waals surface area (Å²) in [6.07, 6.45) is 6.69. The number of furan rings is 2. The van der Waals surface area contributed by atoms with Crippen LogP contribution < -0.4 is 0 Å². The second kappa shape index (κ2) is 12.0. The van der Waals surface area contributed by atoms with Crippen LogP contribution in [0.1, 0.15) is 17.7 Å². The van der Waals surface area contributed by atoms with Gasteiger partial charge in [-0.15, -0.1) is 0 Å². The van der Waals surface area contributed by atoms with Crippen molar-refractivity contribution in [3.05, 3.63) is 187 Å². The Morgan fingerprint density at radius 1 is 0.379 bits per heavy atom. The Morgan fingerprint density at radius 3 is 1.59 bits per heavy atom. The van der Waals surface area contributed by atoms with Crippen LogP contribution in [0.15, 0.2) is 185 Å². The van der Waals surface area contributed by atoms with Crippen LogP contribution in [-0.2, 0) is 6.42 Å². The fourth-order valence-corrected chi connectivity index (χ4v) is 9.79. The highest BCUT2D eigenvalue weighted by Gasteiger charge is 2.21. The van der Waals surface area contributed by atoms with E-state index < -0.39 is 0 Å². The van der Waals surface area contributed by atoms with E-state index in [0.717, 1.165) is 79.1 Å². The van der Waals surface area contributed by atoms with Crippen LogP contribution in [-0.4, -0.2) is 9.13 Å². The summed E-state index contributed by atoms with van der Waals surface area (Å²) in [6.45, 7) is 0. The van der Waals surface area contributed by atoms with Crippen molar-refractivity contribution in [2.45, 2.75) is 12.8 Å². The summed E-state index contributed by atoms with van der Waals surface area (Å²) in [7, 11) is 0. The molecule has 13 rings (SSSR count). The molecule has 4 aromatic heterocycles. The summed E-state index contributed by atoms with van der Waals surface area (Å²) < 4.78 is 17.9. The highest BCUT2D eigenvalue weighted by molar-refractivity contribution is 6.26. The van der Waals surface area contributed by atoms with E-state index in [-0.39, 0.29) is 0 Å². The second-order valence-corrected chi connectivity index (χ2v) is 15.6. The quantitative estimate of drug-likeness (QED) is 0.180. The topological polar surface area (TPSA) is 36.1 Å². The maximum atomic E-state index is 6.55. The van der Waals surface area contributed by atoms with Crippen molar-refractivity contribution in [1.29, 1.82) is 0 Å². The fraction of sp³-hybridized carbons (Fsp3) is 0.0370. The van der Waals surface area contributed by atoms with Gasteiger partial charge in [-0.05, 0) is 132 Å². The van der Waals surface area contributed by atoms with Gasteiger partial charge in [0.25, 0.3) is 0 Å². The minimum atomic E-state index is 0.857. The van der Waals surface area contributed by atoms with Gasteiger partial charge in [0.1, 0.15) is 22.3 Å². The molecule has 0 amide bonds. The number of hydrogen-bond acceptors (Lipinski definition) is 2. The number of aromatic nitrogens is 2. The van der Waals surface area contributed by atoms with E-state index in [0.29, 0.717) is 0 Å². The molecule has 0 radical (unpaired) electrons. The summed E-state index contributed by atoms with van der Waals surface area (Å²) in [5.41, 5.74) is 16.8.